The van der Waals surface area contributed by atoms with Gasteiger partial charge in [0.1, 0.15) is 18.2 Å². The quantitative estimate of drug-likeness (QED) is 0.655. The lowest BCUT2D eigenvalue weighted by molar-refractivity contribution is -0.141. The van der Waals surface area contributed by atoms with Gasteiger partial charge in [-0.05, 0) is 58.6 Å². The van der Waals surface area contributed by atoms with E-state index in [9.17, 15) is 14.4 Å². The van der Waals surface area contributed by atoms with Gasteiger partial charge < -0.3 is 20.3 Å². The molecule has 1 saturated carbocycles. The highest BCUT2D eigenvalue weighted by Crippen LogP contribution is 2.40. The van der Waals surface area contributed by atoms with Crippen LogP contribution in [0.15, 0.2) is 24.3 Å². The Morgan fingerprint density at radius 1 is 1.26 bits per heavy atom. The van der Waals surface area contributed by atoms with E-state index >= 15 is 0 Å². The van der Waals surface area contributed by atoms with Gasteiger partial charge in [-0.3, -0.25) is 9.59 Å². The Balaban J connectivity index is 2.36. The van der Waals surface area contributed by atoms with Crippen LogP contribution in [0.1, 0.15) is 65.1 Å². The van der Waals surface area contributed by atoms with Gasteiger partial charge in [0.15, 0.2) is 0 Å². The molecule has 3 amide bonds. The molecule has 0 bridgehead atoms. The molecule has 0 saturated heterocycles. The lowest BCUT2D eigenvalue weighted by Crippen LogP contribution is -2.50. The molecule has 2 rings (SSSR count). The molecule has 0 spiro atoms. The Morgan fingerprint density at radius 3 is 2.39 bits per heavy atom. The van der Waals surface area contributed by atoms with Crippen LogP contribution < -0.4 is 10.6 Å². The number of hydrogen-bond donors (Lipinski definition) is 2. The van der Waals surface area contributed by atoms with Gasteiger partial charge in [-0.15, -0.1) is 6.42 Å². The molecule has 168 valence electrons. The number of amides is 3. The molecule has 1 aromatic carbocycles. The Hall–Kier alpha value is -3.01. The molecule has 0 aliphatic heterocycles. The summed E-state index contributed by atoms with van der Waals surface area (Å²) < 4.78 is 5.22. The monoisotopic (exact) mass is 427 g/mol. The minimum absolute atomic E-state index is 0.110. The second-order valence-electron chi connectivity index (χ2n) is 9.23. The van der Waals surface area contributed by atoms with Crippen LogP contribution in [0.4, 0.5) is 4.79 Å². The standard InChI is InChI=1S/C24H33N3O4/c1-8-17-11-9-10-12-18(17)21(22(29)26-15(2)3)27(19-13-16(19)4)20(28)14-25-23(30)31-24(5,6)7/h1,9-12,15-16,19,21H,13-14H2,2-7H3,(H,25,30)(H,26,29). The first-order chi connectivity index (χ1) is 14.4. The molecule has 2 N–H and O–H groups in total. The first-order valence-electron chi connectivity index (χ1n) is 10.6. The second-order valence-corrected chi connectivity index (χ2v) is 9.23. The van der Waals surface area contributed by atoms with E-state index in [0.29, 0.717) is 11.1 Å². The molecule has 1 aliphatic carbocycles. The Kier molecular flexibility index (Phi) is 7.72. The Labute approximate surface area is 184 Å². The highest BCUT2D eigenvalue weighted by atomic mass is 16.6. The predicted octanol–water partition coefficient (Wildman–Crippen LogP) is 3.00. The van der Waals surface area contributed by atoms with Gasteiger partial charge >= 0.3 is 6.09 Å². The number of alkyl carbamates (subject to hydrolysis) is 1. The summed E-state index contributed by atoms with van der Waals surface area (Å²) in [5, 5.41) is 5.42. The van der Waals surface area contributed by atoms with Gasteiger partial charge in [0.2, 0.25) is 11.8 Å². The molecule has 7 nitrogen and oxygen atoms in total. The lowest BCUT2D eigenvalue weighted by atomic mass is 9.97. The summed E-state index contributed by atoms with van der Waals surface area (Å²) in [5.41, 5.74) is 0.467. The molecule has 1 aliphatic rings. The van der Waals surface area contributed by atoms with Crippen LogP contribution in [0, 0.1) is 18.3 Å². The van der Waals surface area contributed by atoms with E-state index in [1.165, 1.54) is 0 Å². The van der Waals surface area contributed by atoms with E-state index < -0.39 is 17.7 Å². The predicted molar refractivity (Wildman–Crippen MR) is 119 cm³/mol. The van der Waals surface area contributed by atoms with Gasteiger partial charge in [0, 0.05) is 17.6 Å². The molecule has 7 heteroatoms. The fourth-order valence-electron chi connectivity index (χ4n) is 3.41. The summed E-state index contributed by atoms with van der Waals surface area (Å²) in [7, 11) is 0. The summed E-state index contributed by atoms with van der Waals surface area (Å²) in [6, 6.07) is 6.01. The van der Waals surface area contributed by atoms with E-state index in [4.69, 9.17) is 11.2 Å². The third-order valence-corrected chi connectivity index (χ3v) is 4.86. The highest BCUT2D eigenvalue weighted by Gasteiger charge is 2.46. The lowest BCUT2D eigenvalue weighted by Gasteiger charge is -2.33. The Morgan fingerprint density at radius 2 is 1.87 bits per heavy atom. The van der Waals surface area contributed by atoms with E-state index in [1.54, 1.807) is 49.9 Å². The van der Waals surface area contributed by atoms with Crippen molar-refractivity contribution in [3.8, 4) is 12.3 Å². The molecule has 3 unspecified atom stereocenters. The minimum Gasteiger partial charge on any atom is -0.444 e. The van der Waals surface area contributed by atoms with Crippen molar-refractivity contribution >= 4 is 17.9 Å². The van der Waals surface area contributed by atoms with Crippen LogP contribution in [0.3, 0.4) is 0 Å². The number of nitrogens with zero attached hydrogens (tertiary/aromatic N) is 1. The van der Waals surface area contributed by atoms with Crippen LogP contribution >= 0.6 is 0 Å². The van der Waals surface area contributed by atoms with Gasteiger partial charge in [-0.25, -0.2) is 4.79 Å². The maximum Gasteiger partial charge on any atom is 0.408 e. The van der Waals surface area contributed by atoms with E-state index in [-0.39, 0.29) is 36.4 Å². The molecule has 3 atom stereocenters. The van der Waals surface area contributed by atoms with Crippen LogP contribution in [-0.4, -0.2) is 47.0 Å². The average molecular weight is 428 g/mol. The van der Waals surface area contributed by atoms with Gasteiger partial charge in [0.25, 0.3) is 0 Å². The van der Waals surface area contributed by atoms with Crippen molar-refractivity contribution in [1.82, 2.24) is 15.5 Å². The SMILES string of the molecule is C#Cc1ccccc1C(C(=O)NC(C)C)N(C(=O)CNC(=O)OC(C)(C)C)C1CC1C. The number of rotatable bonds is 7. The van der Waals surface area contributed by atoms with Crippen molar-refractivity contribution in [2.24, 2.45) is 5.92 Å². The number of hydrogen-bond acceptors (Lipinski definition) is 4. The molecular weight excluding hydrogens is 394 g/mol. The highest BCUT2D eigenvalue weighted by molar-refractivity contribution is 5.91. The molecule has 1 fully saturated rings. The van der Waals surface area contributed by atoms with Gasteiger partial charge in [-0.1, -0.05) is 31.0 Å². The zero-order chi connectivity index (χ0) is 23.3. The average Bonchev–Trinajstić information content (AvgIpc) is 3.37. The number of ether oxygens (including phenoxy) is 1. The third kappa shape index (κ3) is 6.74. The topological polar surface area (TPSA) is 87.7 Å². The normalized spacial score (nSPS) is 18.5. The second kappa shape index (κ2) is 9.86. The summed E-state index contributed by atoms with van der Waals surface area (Å²) >= 11 is 0. The fraction of sp³-hybridized carbons (Fsp3) is 0.542. The fourth-order valence-corrected chi connectivity index (χ4v) is 3.41. The van der Waals surface area contributed by atoms with Gasteiger partial charge in [-0.2, -0.15) is 0 Å². The molecular formula is C24H33N3O4. The van der Waals surface area contributed by atoms with Crippen molar-refractivity contribution < 1.29 is 19.1 Å². The molecule has 0 aromatic heterocycles. The van der Waals surface area contributed by atoms with Crippen LogP contribution in [0.5, 0.6) is 0 Å². The van der Waals surface area contributed by atoms with Crippen LogP contribution in [0.25, 0.3) is 0 Å². The summed E-state index contributed by atoms with van der Waals surface area (Å²) in [6.07, 6.45) is 5.78. The van der Waals surface area contributed by atoms with E-state index in [0.717, 1.165) is 6.42 Å². The van der Waals surface area contributed by atoms with Gasteiger partial charge in [0.05, 0.1) is 0 Å². The minimum atomic E-state index is -0.891. The Bertz CT molecular complexity index is 866. The molecule has 0 heterocycles. The van der Waals surface area contributed by atoms with E-state index in [1.807, 2.05) is 20.8 Å². The molecule has 0 radical (unpaired) electrons. The van der Waals surface area contributed by atoms with Crippen molar-refractivity contribution in [2.75, 3.05) is 6.54 Å². The zero-order valence-electron chi connectivity index (χ0n) is 19.2. The summed E-state index contributed by atoms with van der Waals surface area (Å²) in [6.45, 7) is 10.7. The zero-order valence-corrected chi connectivity index (χ0v) is 19.2. The first-order valence-corrected chi connectivity index (χ1v) is 10.6. The number of carbonyl (C=O) groups is 3. The maximum absolute atomic E-state index is 13.3. The molecule has 1 aromatic rings. The van der Waals surface area contributed by atoms with Crippen molar-refractivity contribution in [3.05, 3.63) is 35.4 Å². The number of terminal acetylenes is 1. The summed E-state index contributed by atoms with van der Waals surface area (Å²) in [4.78, 5) is 40.1. The number of nitrogens with one attached hydrogen (secondary N) is 2. The molecule has 31 heavy (non-hydrogen) atoms. The first kappa shape index (κ1) is 24.3. The number of carbonyl (C=O) groups excluding carboxylic acids is 3. The van der Waals surface area contributed by atoms with Crippen LogP contribution in [0.2, 0.25) is 0 Å². The van der Waals surface area contributed by atoms with Crippen molar-refractivity contribution in [2.45, 2.75) is 71.7 Å². The summed E-state index contributed by atoms with van der Waals surface area (Å²) in [5.74, 6) is 2.20. The largest absolute Gasteiger partial charge is 0.444 e. The van der Waals surface area contributed by atoms with Crippen LogP contribution in [-0.2, 0) is 14.3 Å². The number of benzene rings is 1. The van der Waals surface area contributed by atoms with E-state index in [2.05, 4.69) is 16.6 Å². The third-order valence-electron chi connectivity index (χ3n) is 4.86. The smallest absolute Gasteiger partial charge is 0.408 e. The van der Waals surface area contributed by atoms with Crippen molar-refractivity contribution in [1.29, 1.82) is 0 Å². The van der Waals surface area contributed by atoms with Crippen molar-refractivity contribution in [3.63, 3.8) is 0 Å². The maximum atomic E-state index is 13.3.